The van der Waals surface area contributed by atoms with Crippen LogP contribution in [0.3, 0.4) is 0 Å². The molecule has 1 fully saturated rings. The summed E-state index contributed by atoms with van der Waals surface area (Å²) in [6.07, 6.45) is -3.59. The van der Waals surface area contributed by atoms with Crippen molar-refractivity contribution in [3.05, 3.63) is 0 Å². The molecule has 1 aliphatic heterocycles. The smallest absolute Gasteiger partial charge is 0.330 e. The molecule has 7 heteroatoms. The van der Waals surface area contributed by atoms with Gasteiger partial charge in [0.25, 0.3) is 0 Å². The largest absolute Gasteiger partial charge is 0.405 e. The van der Waals surface area contributed by atoms with Crippen molar-refractivity contribution < 1.29 is 18.0 Å². The van der Waals surface area contributed by atoms with Crippen molar-refractivity contribution in [1.82, 2.24) is 10.2 Å². The average Bonchev–Trinajstić information content (AvgIpc) is 2.25. The first-order valence-electron chi connectivity index (χ1n) is 5.63. The predicted molar refractivity (Wildman–Crippen MR) is 57.4 cm³/mol. The van der Waals surface area contributed by atoms with Crippen molar-refractivity contribution in [3.8, 4) is 0 Å². The van der Waals surface area contributed by atoms with E-state index in [1.54, 1.807) is 0 Å². The minimum absolute atomic E-state index is 0.167. The predicted octanol–water partition coefficient (Wildman–Crippen LogP) is 1.18. The van der Waals surface area contributed by atoms with E-state index in [1.165, 1.54) is 4.90 Å². The number of nitrogens with two attached hydrogens (primary N) is 1. The first kappa shape index (κ1) is 14.1. The van der Waals surface area contributed by atoms with Crippen LogP contribution in [0.5, 0.6) is 0 Å². The Morgan fingerprint density at radius 2 is 2.18 bits per heavy atom. The maximum atomic E-state index is 11.9. The number of piperidine rings is 1. The molecule has 0 saturated carbocycles. The van der Waals surface area contributed by atoms with Gasteiger partial charge in [-0.1, -0.05) is 6.92 Å². The van der Waals surface area contributed by atoms with Crippen LogP contribution < -0.4 is 11.1 Å². The number of carbonyl (C=O) groups is 1. The Kier molecular flexibility index (Phi) is 4.62. The molecular weight excluding hydrogens is 235 g/mol. The number of rotatable bonds is 2. The van der Waals surface area contributed by atoms with Crippen molar-refractivity contribution in [2.24, 2.45) is 17.6 Å². The van der Waals surface area contributed by atoms with Crippen molar-refractivity contribution >= 4 is 6.03 Å². The minimum atomic E-state index is -4.37. The van der Waals surface area contributed by atoms with E-state index in [0.717, 1.165) is 6.42 Å². The lowest BCUT2D eigenvalue weighted by Gasteiger charge is -2.36. The van der Waals surface area contributed by atoms with E-state index in [9.17, 15) is 18.0 Å². The molecule has 1 heterocycles. The molecule has 1 rings (SSSR count). The van der Waals surface area contributed by atoms with Crippen molar-refractivity contribution in [1.29, 1.82) is 0 Å². The Bertz CT molecular complexity index is 270. The second-order valence-electron chi connectivity index (χ2n) is 4.48. The van der Waals surface area contributed by atoms with Crippen LogP contribution >= 0.6 is 0 Å². The molecule has 17 heavy (non-hydrogen) atoms. The lowest BCUT2D eigenvalue weighted by Crippen LogP contribution is -2.50. The van der Waals surface area contributed by atoms with Crippen LogP contribution in [0.1, 0.15) is 13.3 Å². The molecule has 2 unspecified atom stereocenters. The fourth-order valence-electron chi connectivity index (χ4n) is 1.93. The van der Waals surface area contributed by atoms with Crippen LogP contribution in [0.4, 0.5) is 18.0 Å². The summed E-state index contributed by atoms with van der Waals surface area (Å²) >= 11 is 0. The standard InChI is InChI=1S/C10H18F3N3O/c1-7-2-3-16(5-8(7)4-14)9(17)15-6-10(11,12)13/h7-8H,2-6,14H2,1H3,(H,15,17). The number of amides is 2. The summed E-state index contributed by atoms with van der Waals surface area (Å²) < 4.78 is 35.8. The lowest BCUT2D eigenvalue weighted by atomic mass is 9.87. The number of hydrogen-bond acceptors (Lipinski definition) is 2. The van der Waals surface area contributed by atoms with Gasteiger partial charge < -0.3 is 16.0 Å². The first-order chi connectivity index (χ1) is 7.83. The van der Waals surface area contributed by atoms with E-state index in [0.29, 0.717) is 25.6 Å². The van der Waals surface area contributed by atoms with Gasteiger partial charge in [-0.15, -0.1) is 0 Å². The van der Waals surface area contributed by atoms with Gasteiger partial charge in [0, 0.05) is 13.1 Å². The summed E-state index contributed by atoms with van der Waals surface area (Å²) in [7, 11) is 0. The number of hydrogen-bond donors (Lipinski definition) is 2. The number of nitrogens with one attached hydrogen (secondary N) is 1. The van der Waals surface area contributed by atoms with Crippen LogP contribution in [0.2, 0.25) is 0 Å². The van der Waals surface area contributed by atoms with Gasteiger partial charge in [0.05, 0.1) is 0 Å². The summed E-state index contributed by atoms with van der Waals surface area (Å²) in [5.41, 5.74) is 5.56. The van der Waals surface area contributed by atoms with Gasteiger partial charge in [-0.05, 0) is 24.8 Å². The van der Waals surface area contributed by atoms with E-state index < -0.39 is 18.8 Å². The maximum Gasteiger partial charge on any atom is 0.405 e. The summed E-state index contributed by atoms with van der Waals surface area (Å²) in [6.45, 7) is 2.13. The van der Waals surface area contributed by atoms with Crippen LogP contribution in [0, 0.1) is 11.8 Å². The third-order valence-electron chi connectivity index (χ3n) is 3.14. The van der Waals surface area contributed by atoms with Crippen LogP contribution in [0.15, 0.2) is 0 Å². The van der Waals surface area contributed by atoms with Gasteiger partial charge in [0.1, 0.15) is 6.54 Å². The Labute approximate surface area is 98.3 Å². The third kappa shape index (κ3) is 4.41. The van der Waals surface area contributed by atoms with Crippen molar-refractivity contribution in [2.75, 3.05) is 26.2 Å². The fraction of sp³-hybridized carbons (Fsp3) is 0.900. The van der Waals surface area contributed by atoms with E-state index in [1.807, 2.05) is 12.2 Å². The van der Waals surface area contributed by atoms with Crippen molar-refractivity contribution in [3.63, 3.8) is 0 Å². The zero-order valence-corrected chi connectivity index (χ0v) is 9.76. The number of alkyl halides is 3. The number of urea groups is 1. The summed E-state index contributed by atoms with van der Waals surface area (Å²) in [6, 6.07) is -0.660. The van der Waals surface area contributed by atoms with Gasteiger partial charge in [-0.25, -0.2) is 4.79 Å². The van der Waals surface area contributed by atoms with E-state index in [4.69, 9.17) is 5.73 Å². The van der Waals surface area contributed by atoms with Crippen molar-refractivity contribution in [2.45, 2.75) is 19.5 Å². The Morgan fingerprint density at radius 3 is 2.71 bits per heavy atom. The number of nitrogens with zero attached hydrogens (tertiary/aromatic N) is 1. The molecule has 1 aliphatic rings. The van der Waals surface area contributed by atoms with E-state index in [2.05, 4.69) is 0 Å². The van der Waals surface area contributed by atoms with Gasteiger partial charge in [0.15, 0.2) is 0 Å². The first-order valence-corrected chi connectivity index (χ1v) is 5.63. The van der Waals surface area contributed by atoms with Gasteiger partial charge in [0.2, 0.25) is 0 Å². The zero-order chi connectivity index (χ0) is 13.1. The number of likely N-dealkylation sites (tertiary alicyclic amines) is 1. The molecule has 0 spiro atoms. The van der Waals surface area contributed by atoms with E-state index in [-0.39, 0.29) is 5.92 Å². The monoisotopic (exact) mass is 253 g/mol. The molecule has 2 atom stereocenters. The Hall–Kier alpha value is -0.980. The van der Waals surface area contributed by atoms with Gasteiger partial charge in [-0.3, -0.25) is 0 Å². The highest BCUT2D eigenvalue weighted by atomic mass is 19.4. The molecule has 1 saturated heterocycles. The third-order valence-corrected chi connectivity index (χ3v) is 3.14. The summed E-state index contributed by atoms with van der Waals surface area (Å²) in [5.74, 6) is 0.576. The second-order valence-corrected chi connectivity index (χ2v) is 4.48. The second kappa shape index (κ2) is 5.57. The molecule has 100 valence electrons. The highest BCUT2D eigenvalue weighted by molar-refractivity contribution is 5.74. The summed E-state index contributed by atoms with van der Waals surface area (Å²) in [4.78, 5) is 12.9. The van der Waals surface area contributed by atoms with Crippen LogP contribution in [-0.2, 0) is 0 Å². The highest BCUT2D eigenvalue weighted by Crippen LogP contribution is 2.22. The van der Waals surface area contributed by atoms with Gasteiger partial charge in [-0.2, -0.15) is 13.2 Å². The Balaban J connectivity index is 2.42. The minimum Gasteiger partial charge on any atom is -0.330 e. The van der Waals surface area contributed by atoms with Gasteiger partial charge >= 0.3 is 12.2 Å². The molecule has 0 aromatic rings. The Morgan fingerprint density at radius 1 is 1.53 bits per heavy atom. The lowest BCUT2D eigenvalue weighted by molar-refractivity contribution is -0.123. The zero-order valence-electron chi connectivity index (χ0n) is 9.76. The molecule has 0 aromatic carbocycles. The summed E-state index contributed by atoms with van der Waals surface area (Å²) in [5, 5.41) is 1.87. The topological polar surface area (TPSA) is 58.4 Å². The molecule has 3 N–H and O–H groups in total. The average molecular weight is 253 g/mol. The number of carbonyl (C=O) groups excluding carboxylic acids is 1. The molecule has 0 aliphatic carbocycles. The van der Waals surface area contributed by atoms with Crippen LogP contribution in [-0.4, -0.2) is 43.3 Å². The molecular formula is C10H18F3N3O. The SMILES string of the molecule is CC1CCN(C(=O)NCC(F)(F)F)CC1CN. The molecule has 2 amide bonds. The molecule has 0 aromatic heterocycles. The fourth-order valence-corrected chi connectivity index (χ4v) is 1.93. The normalized spacial score (nSPS) is 25.8. The number of halogens is 3. The quantitative estimate of drug-likeness (QED) is 0.776. The molecule has 0 radical (unpaired) electrons. The van der Waals surface area contributed by atoms with Crippen LogP contribution in [0.25, 0.3) is 0 Å². The highest BCUT2D eigenvalue weighted by Gasteiger charge is 2.31. The van der Waals surface area contributed by atoms with E-state index >= 15 is 0 Å². The molecule has 4 nitrogen and oxygen atoms in total. The molecule has 0 bridgehead atoms. The maximum absolute atomic E-state index is 11.9.